The van der Waals surface area contributed by atoms with Crippen molar-refractivity contribution in [1.29, 1.82) is 0 Å². The van der Waals surface area contributed by atoms with Crippen LogP contribution in [0.15, 0.2) is 57.6 Å². The number of pyridine rings is 1. The molecule has 0 aliphatic carbocycles. The third kappa shape index (κ3) is 4.94. The molecule has 1 aromatic heterocycles. The van der Waals surface area contributed by atoms with Crippen LogP contribution in [0.4, 0.5) is 0 Å². The van der Waals surface area contributed by atoms with E-state index in [0.29, 0.717) is 0 Å². The minimum absolute atomic E-state index is 0.160. The van der Waals surface area contributed by atoms with Crippen molar-refractivity contribution in [1.82, 2.24) is 4.98 Å². The predicted molar refractivity (Wildman–Crippen MR) is 130 cm³/mol. The van der Waals surface area contributed by atoms with Gasteiger partial charge in [0.1, 0.15) is 5.75 Å². The van der Waals surface area contributed by atoms with Crippen molar-refractivity contribution in [3.8, 4) is 5.75 Å². The van der Waals surface area contributed by atoms with Crippen LogP contribution in [0.25, 0.3) is 22.9 Å². The van der Waals surface area contributed by atoms with Crippen LogP contribution in [0.1, 0.15) is 32.0 Å². The zero-order chi connectivity index (χ0) is 20.5. The van der Waals surface area contributed by atoms with Crippen LogP contribution in [0.3, 0.4) is 0 Å². The molecule has 0 fully saturated rings. The lowest BCUT2D eigenvalue weighted by molar-refractivity contribution is 0.493. The fourth-order valence-corrected chi connectivity index (χ4v) is 5.01. The highest BCUT2D eigenvalue weighted by molar-refractivity contribution is 9.11. The molecule has 0 saturated carbocycles. The van der Waals surface area contributed by atoms with Crippen molar-refractivity contribution in [3.05, 3.63) is 68.9 Å². The van der Waals surface area contributed by atoms with Gasteiger partial charge in [0.2, 0.25) is 8.32 Å². The van der Waals surface area contributed by atoms with Crippen molar-refractivity contribution in [2.45, 2.75) is 38.9 Å². The van der Waals surface area contributed by atoms with E-state index in [1.165, 1.54) is 0 Å². The highest BCUT2D eigenvalue weighted by Crippen LogP contribution is 2.38. The van der Waals surface area contributed by atoms with Crippen molar-refractivity contribution in [3.63, 3.8) is 0 Å². The van der Waals surface area contributed by atoms with Gasteiger partial charge >= 0.3 is 0 Å². The second-order valence-electron chi connectivity index (χ2n) is 8.48. The first kappa shape index (κ1) is 21.3. The Bertz CT molecular complexity index is 1020. The molecule has 5 heteroatoms. The van der Waals surface area contributed by atoms with E-state index in [1.807, 2.05) is 18.3 Å². The van der Waals surface area contributed by atoms with E-state index >= 15 is 0 Å². The summed E-state index contributed by atoms with van der Waals surface area (Å²) in [5.74, 6) is 0.923. The van der Waals surface area contributed by atoms with Crippen LogP contribution in [-0.4, -0.2) is 13.3 Å². The number of nitrogens with zero attached hydrogens (tertiary/aromatic N) is 1. The van der Waals surface area contributed by atoms with Gasteiger partial charge in [0.15, 0.2) is 0 Å². The largest absolute Gasteiger partial charge is 0.543 e. The summed E-state index contributed by atoms with van der Waals surface area (Å²) in [6, 6.07) is 14.5. The van der Waals surface area contributed by atoms with E-state index in [2.05, 4.69) is 113 Å². The van der Waals surface area contributed by atoms with Gasteiger partial charge < -0.3 is 4.43 Å². The minimum Gasteiger partial charge on any atom is -0.543 e. The molecular weight excluding hydrogens is 494 g/mol. The SMILES string of the molecule is CC(C)(C)[Si](C)(C)Oc1ccc2ccnc(C=Cc3cc(Br)cc(Br)c3)c2c1. The maximum Gasteiger partial charge on any atom is 0.250 e. The van der Waals surface area contributed by atoms with Crippen LogP contribution in [0, 0.1) is 0 Å². The lowest BCUT2D eigenvalue weighted by Crippen LogP contribution is -2.43. The van der Waals surface area contributed by atoms with Crippen LogP contribution in [0.5, 0.6) is 5.75 Å². The summed E-state index contributed by atoms with van der Waals surface area (Å²) in [6.07, 6.45) is 6.00. The van der Waals surface area contributed by atoms with Crippen LogP contribution < -0.4 is 4.43 Å². The summed E-state index contributed by atoms with van der Waals surface area (Å²) in [7, 11) is -1.88. The van der Waals surface area contributed by atoms with Gasteiger partial charge in [-0.05, 0) is 71.6 Å². The standard InChI is InChI=1S/C23H25Br2NOSi/c1-23(2,3)28(4,5)27-20-8-7-17-10-11-26-22(21(17)15-20)9-6-16-12-18(24)14-19(25)13-16/h6-15H,1-5H3. The second-order valence-corrected chi connectivity index (χ2v) is 15.0. The van der Waals surface area contributed by atoms with E-state index in [9.17, 15) is 0 Å². The molecule has 0 saturated heterocycles. The van der Waals surface area contributed by atoms with Gasteiger partial charge in [-0.15, -0.1) is 0 Å². The molecule has 146 valence electrons. The molecule has 0 amide bonds. The summed E-state index contributed by atoms with van der Waals surface area (Å²) in [4.78, 5) is 4.60. The van der Waals surface area contributed by atoms with Crippen molar-refractivity contribution >= 4 is 63.1 Å². The van der Waals surface area contributed by atoms with Crippen LogP contribution >= 0.6 is 31.9 Å². The minimum atomic E-state index is -1.88. The Kier molecular flexibility index (Phi) is 6.18. The number of hydrogen-bond acceptors (Lipinski definition) is 2. The zero-order valence-corrected chi connectivity index (χ0v) is 21.1. The molecular formula is C23H25Br2NOSi. The molecule has 1 heterocycles. The maximum absolute atomic E-state index is 6.50. The molecule has 3 aromatic rings. The average Bonchev–Trinajstić information content (AvgIpc) is 2.58. The van der Waals surface area contributed by atoms with Gasteiger partial charge in [-0.25, -0.2) is 0 Å². The second kappa shape index (κ2) is 8.13. The summed E-state index contributed by atoms with van der Waals surface area (Å²) in [6.45, 7) is 11.3. The van der Waals surface area contributed by atoms with Gasteiger partial charge in [-0.3, -0.25) is 4.98 Å². The molecule has 0 spiro atoms. The number of rotatable bonds is 4. The third-order valence-electron chi connectivity index (χ3n) is 5.27. The van der Waals surface area contributed by atoms with Crippen LogP contribution in [0.2, 0.25) is 18.1 Å². The summed E-state index contributed by atoms with van der Waals surface area (Å²) < 4.78 is 8.58. The molecule has 3 rings (SSSR count). The molecule has 0 unspecified atom stereocenters. The molecule has 0 N–H and O–H groups in total. The van der Waals surface area contributed by atoms with Gasteiger partial charge in [0, 0.05) is 20.5 Å². The number of hydrogen-bond donors (Lipinski definition) is 0. The van der Waals surface area contributed by atoms with Crippen LogP contribution in [-0.2, 0) is 0 Å². The first-order chi connectivity index (χ1) is 13.0. The fourth-order valence-electron chi connectivity index (χ4n) is 2.66. The first-order valence-electron chi connectivity index (χ1n) is 9.27. The third-order valence-corrected chi connectivity index (χ3v) is 10.5. The van der Waals surface area contributed by atoms with E-state index in [-0.39, 0.29) is 5.04 Å². The van der Waals surface area contributed by atoms with Crippen molar-refractivity contribution in [2.24, 2.45) is 0 Å². The topological polar surface area (TPSA) is 22.1 Å². The Morgan fingerprint density at radius 1 is 0.929 bits per heavy atom. The molecule has 28 heavy (non-hydrogen) atoms. The maximum atomic E-state index is 6.50. The number of halogens is 2. The molecule has 0 aliphatic heterocycles. The predicted octanol–water partition coefficient (Wildman–Crippen LogP) is 8.31. The van der Waals surface area contributed by atoms with E-state index in [1.54, 1.807) is 0 Å². The van der Waals surface area contributed by atoms with Crippen molar-refractivity contribution < 1.29 is 4.43 Å². The smallest absolute Gasteiger partial charge is 0.250 e. The molecule has 0 bridgehead atoms. The molecule has 0 atom stereocenters. The van der Waals surface area contributed by atoms with Gasteiger partial charge in [0.05, 0.1) is 5.69 Å². The summed E-state index contributed by atoms with van der Waals surface area (Å²) in [5.41, 5.74) is 2.04. The number of aromatic nitrogens is 1. The Hall–Kier alpha value is -1.43. The normalized spacial score (nSPS) is 12.7. The van der Waals surface area contributed by atoms with E-state index < -0.39 is 8.32 Å². The zero-order valence-electron chi connectivity index (χ0n) is 16.9. The Labute approximate surface area is 185 Å². The molecule has 0 aliphatic rings. The van der Waals surface area contributed by atoms with Gasteiger partial charge in [-0.2, -0.15) is 0 Å². The summed E-state index contributed by atoms with van der Waals surface area (Å²) in [5, 5.41) is 2.42. The van der Waals surface area contributed by atoms with Gasteiger partial charge in [0.25, 0.3) is 0 Å². The molecule has 2 aromatic carbocycles. The van der Waals surface area contributed by atoms with Gasteiger partial charge in [-0.1, -0.05) is 64.8 Å². The lowest BCUT2D eigenvalue weighted by Gasteiger charge is -2.36. The van der Waals surface area contributed by atoms with Crippen molar-refractivity contribution in [2.75, 3.05) is 0 Å². The highest BCUT2D eigenvalue weighted by atomic mass is 79.9. The quantitative estimate of drug-likeness (QED) is 0.324. The number of fused-ring (bicyclic) bond motifs is 1. The highest BCUT2D eigenvalue weighted by Gasteiger charge is 2.38. The summed E-state index contributed by atoms with van der Waals surface area (Å²) >= 11 is 7.08. The number of benzene rings is 2. The Balaban J connectivity index is 1.98. The monoisotopic (exact) mass is 517 g/mol. The molecule has 2 nitrogen and oxygen atoms in total. The first-order valence-corrected chi connectivity index (χ1v) is 13.8. The van der Waals surface area contributed by atoms with E-state index in [0.717, 1.165) is 36.7 Å². The average molecular weight is 519 g/mol. The Morgan fingerprint density at radius 2 is 1.61 bits per heavy atom. The Morgan fingerprint density at radius 3 is 2.25 bits per heavy atom. The lowest BCUT2D eigenvalue weighted by atomic mass is 10.1. The van der Waals surface area contributed by atoms with E-state index in [4.69, 9.17) is 4.43 Å². The molecule has 0 radical (unpaired) electrons. The fraction of sp³-hybridized carbons (Fsp3) is 0.261.